The molecule has 1 amide bonds. The average Bonchev–Trinajstić information content (AvgIpc) is 3.22. The van der Waals surface area contributed by atoms with Gasteiger partial charge >= 0.3 is 0 Å². The summed E-state index contributed by atoms with van der Waals surface area (Å²) in [5, 5.41) is 0. The van der Waals surface area contributed by atoms with E-state index in [0.29, 0.717) is 12.5 Å². The van der Waals surface area contributed by atoms with Crippen LogP contribution in [0.1, 0.15) is 43.6 Å². The molecule has 1 heterocycles. The highest BCUT2D eigenvalue weighted by molar-refractivity contribution is 7.98. The zero-order chi connectivity index (χ0) is 16.9. The number of carbonyl (C=O) groups excluding carboxylic acids is 1. The summed E-state index contributed by atoms with van der Waals surface area (Å²) in [4.78, 5) is 14.2. The Morgan fingerprint density at radius 1 is 1.25 bits per heavy atom. The molecular weight excluding hydrogens is 322 g/mol. The Hall–Kier alpha value is -1.36. The molecule has 4 nitrogen and oxygen atoms in total. The number of hydrogen-bond acceptors (Lipinski definition) is 4. The van der Waals surface area contributed by atoms with E-state index in [2.05, 4.69) is 18.4 Å². The molecule has 1 unspecified atom stereocenters. The third-order valence-corrected chi connectivity index (χ3v) is 5.63. The smallest absolute Gasteiger partial charge is 0.223 e. The third kappa shape index (κ3) is 4.00. The quantitative estimate of drug-likeness (QED) is 0.752. The van der Waals surface area contributed by atoms with E-state index >= 15 is 0 Å². The molecule has 24 heavy (non-hydrogen) atoms. The van der Waals surface area contributed by atoms with Gasteiger partial charge in [0.2, 0.25) is 5.91 Å². The van der Waals surface area contributed by atoms with Gasteiger partial charge in [0.05, 0.1) is 13.2 Å². The standard InChI is InChI=1S/C19H27NO3S/c1-22-17-8-7-14(11-18(17)23-16-5-3-4-6-16)15-12-19(21)20(13-15)9-10-24-2/h7-8,11,15-16H,3-6,9-10,12-13H2,1-2H3. The van der Waals surface area contributed by atoms with Gasteiger partial charge in [0.1, 0.15) is 0 Å². The van der Waals surface area contributed by atoms with Crippen molar-refractivity contribution in [1.82, 2.24) is 4.90 Å². The first-order chi connectivity index (χ1) is 11.7. The number of methoxy groups -OCH3 is 1. The number of thioether (sulfide) groups is 1. The Balaban J connectivity index is 1.72. The molecule has 5 heteroatoms. The second-order valence-electron chi connectivity index (χ2n) is 6.67. The normalized spacial score (nSPS) is 21.5. The first kappa shape index (κ1) is 17.5. The lowest BCUT2D eigenvalue weighted by atomic mass is 9.98. The highest BCUT2D eigenvalue weighted by atomic mass is 32.2. The van der Waals surface area contributed by atoms with Crippen molar-refractivity contribution in [2.24, 2.45) is 0 Å². The van der Waals surface area contributed by atoms with Gasteiger partial charge in [0, 0.05) is 31.2 Å². The van der Waals surface area contributed by atoms with Crippen molar-refractivity contribution in [3.05, 3.63) is 23.8 Å². The van der Waals surface area contributed by atoms with E-state index in [-0.39, 0.29) is 11.8 Å². The molecular formula is C19H27NO3S. The van der Waals surface area contributed by atoms with E-state index in [0.717, 1.165) is 43.2 Å². The van der Waals surface area contributed by atoms with E-state index in [4.69, 9.17) is 9.47 Å². The molecule has 1 saturated carbocycles. The van der Waals surface area contributed by atoms with Crippen molar-refractivity contribution in [2.75, 3.05) is 32.2 Å². The van der Waals surface area contributed by atoms with Gasteiger partial charge in [-0.2, -0.15) is 11.8 Å². The molecule has 2 aliphatic rings. The summed E-state index contributed by atoms with van der Waals surface area (Å²) < 4.78 is 11.7. The zero-order valence-corrected chi connectivity index (χ0v) is 15.4. The van der Waals surface area contributed by atoms with Crippen molar-refractivity contribution in [2.45, 2.75) is 44.1 Å². The second kappa shape index (κ2) is 8.15. The monoisotopic (exact) mass is 349 g/mol. The maximum absolute atomic E-state index is 12.2. The Bertz CT molecular complexity index is 572. The first-order valence-corrected chi connectivity index (χ1v) is 10.2. The highest BCUT2D eigenvalue weighted by Gasteiger charge is 2.31. The fraction of sp³-hybridized carbons (Fsp3) is 0.632. The number of hydrogen-bond donors (Lipinski definition) is 0. The maximum atomic E-state index is 12.2. The number of likely N-dealkylation sites (tertiary alicyclic amines) is 1. The third-order valence-electron chi connectivity index (χ3n) is 5.03. The van der Waals surface area contributed by atoms with Crippen molar-refractivity contribution in [3.8, 4) is 11.5 Å². The first-order valence-electron chi connectivity index (χ1n) is 8.82. The predicted octanol–water partition coefficient (Wildman–Crippen LogP) is 3.70. The summed E-state index contributed by atoms with van der Waals surface area (Å²) in [7, 11) is 1.68. The number of rotatable bonds is 7. The van der Waals surface area contributed by atoms with Crippen LogP contribution in [0.2, 0.25) is 0 Å². The van der Waals surface area contributed by atoms with Crippen LogP contribution in [0, 0.1) is 0 Å². The van der Waals surface area contributed by atoms with Crippen LogP contribution in [0.25, 0.3) is 0 Å². The summed E-state index contributed by atoms with van der Waals surface area (Å²) >= 11 is 1.78. The van der Waals surface area contributed by atoms with Crippen LogP contribution in [0.15, 0.2) is 18.2 Å². The van der Waals surface area contributed by atoms with Gasteiger partial charge in [-0.3, -0.25) is 4.79 Å². The number of ether oxygens (including phenoxy) is 2. The molecule has 1 aromatic carbocycles. The Morgan fingerprint density at radius 3 is 2.75 bits per heavy atom. The van der Waals surface area contributed by atoms with Crippen molar-refractivity contribution in [3.63, 3.8) is 0 Å². The largest absolute Gasteiger partial charge is 0.493 e. The lowest BCUT2D eigenvalue weighted by Gasteiger charge is -2.19. The van der Waals surface area contributed by atoms with E-state index in [9.17, 15) is 4.79 Å². The summed E-state index contributed by atoms with van der Waals surface area (Å²) in [5.41, 5.74) is 1.18. The Morgan fingerprint density at radius 2 is 2.04 bits per heavy atom. The number of benzene rings is 1. The van der Waals surface area contributed by atoms with E-state index in [1.165, 1.54) is 18.4 Å². The van der Waals surface area contributed by atoms with Crippen LogP contribution in [-0.2, 0) is 4.79 Å². The minimum absolute atomic E-state index is 0.260. The molecule has 1 saturated heterocycles. The Kier molecular flexibility index (Phi) is 5.93. The molecule has 1 aromatic rings. The Labute approximate surface area is 148 Å². The van der Waals surface area contributed by atoms with E-state index in [1.807, 2.05) is 11.0 Å². The summed E-state index contributed by atoms with van der Waals surface area (Å²) in [6, 6.07) is 6.15. The topological polar surface area (TPSA) is 38.8 Å². The fourth-order valence-corrected chi connectivity index (χ4v) is 4.04. The van der Waals surface area contributed by atoms with Crippen LogP contribution in [0.4, 0.5) is 0 Å². The van der Waals surface area contributed by atoms with Gasteiger partial charge in [-0.15, -0.1) is 0 Å². The minimum atomic E-state index is 0.260. The minimum Gasteiger partial charge on any atom is -0.493 e. The van der Waals surface area contributed by atoms with Crippen molar-refractivity contribution >= 4 is 17.7 Å². The maximum Gasteiger partial charge on any atom is 0.223 e. The average molecular weight is 349 g/mol. The number of carbonyl (C=O) groups is 1. The van der Waals surface area contributed by atoms with Gasteiger partial charge < -0.3 is 14.4 Å². The zero-order valence-electron chi connectivity index (χ0n) is 14.6. The van der Waals surface area contributed by atoms with Crippen LogP contribution >= 0.6 is 11.8 Å². The van der Waals surface area contributed by atoms with Gasteiger partial charge in [0.25, 0.3) is 0 Å². The van der Waals surface area contributed by atoms with Crippen LogP contribution < -0.4 is 9.47 Å². The van der Waals surface area contributed by atoms with Crippen LogP contribution in [0.3, 0.4) is 0 Å². The molecule has 1 atom stereocenters. The summed E-state index contributed by atoms with van der Waals surface area (Å²) in [6.07, 6.45) is 7.72. The predicted molar refractivity (Wildman–Crippen MR) is 98.2 cm³/mol. The lowest BCUT2D eigenvalue weighted by Crippen LogP contribution is -2.27. The van der Waals surface area contributed by atoms with Crippen molar-refractivity contribution in [1.29, 1.82) is 0 Å². The number of nitrogens with zero attached hydrogens (tertiary/aromatic N) is 1. The van der Waals surface area contributed by atoms with Gasteiger partial charge in [-0.1, -0.05) is 6.07 Å². The van der Waals surface area contributed by atoms with E-state index < -0.39 is 0 Å². The van der Waals surface area contributed by atoms with Crippen LogP contribution in [0.5, 0.6) is 11.5 Å². The lowest BCUT2D eigenvalue weighted by molar-refractivity contribution is -0.127. The molecule has 3 rings (SSSR count). The molecule has 1 aliphatic carbocycles. The van der Waals surface area contributed by atoms with E-state index in [1.54, 1.807) is 18.9 Å². The SMILES string of the molecule is COc1ccc(C2CC(=O)N(CCSC)C2)cc1OC1CCCC1. The summed E-state index contributed by atoms with van der Waals surface area (Å²) in [6.45, 7) is 1.66. The van der Waals surface area contributed by atoms with Gasteiger partial charge in [-0.25, -0.2) is 0 Å². The molecule has 0 aromatic heterocycles. The van der Waals surface area contributed by atoms with Gasteiger partial charge in [0.15, 0.2) is 11.5 Å². The number of amides is 1. The molecule has 0 spiro atoms. The summed E-state index contributed by atoms with van der Waals surface area (Å²) in [5.74, 6) is 3.14. The molecule has 0 bridgehead atoms. The molecule has 0 radical (unpaired) electrons. The molecule has 1 aliphatic heterocycles. The van der Waals surface area contributed by atoms with Crippen molar-refractivity contribution < 1.29 is 14.3 Å². The second-order valence-corrected chi connectivity index (χ2v) is 7.65. The van der Waals surface area contributed by atoms with Crippen LogP contribution in [-0.4, -0.2) is 49.1 Å². The fourth-order valence-electron chi connectivity index (χ4n) is 3.64. The molecule has 0 N–H and O–H groups in total. The van der Waals surface area contributed by atoms with Gasteiger partial charge in [-0.05, 0) is 49.6 Å². The molecule has 132 valence electrons. The highest BCUT2D eigenvalue weighted by Crippen LogP contribution is 2.36. The molecule has 2 fully saturated rings.